The van der Waals surface area contributed by atoms with Crippen molar-refractivity contribution in [1.82, 2.24) is 4.72 Å². The molecule has 3 rings (SSSR count). The van der Waals surface area contributed by atoms with E-state index in [4.69, 9.17) is 4.74 Å². The van der Waals surface area contributed by atoms with Crippen LogP contribution in [0.5, 0.6) is 5.75 Å². The van der Waals surface area contributed by atoms with Crippen molar-refractivity contribution in [3.05, 3.63) is 59.7 Å². The summed E-state index contributed by atoms with van der Waals surface area (Å²) >= 11 is 0. The summed E-state index contributed by atoms with van der Waals surface area (Å²) in [7, 11) is -3.64. The number of hydrogen-bond donors (Lipinski definition) is 1. The molecule has 128 valence electrons. The lowest BCUT2D eigenvalue weighted by Gasteiger charge is -2.30. The molecule has 0 amide bonds. The van der Waals surface area contributed by atoms with Crippen LogP contribution in [-0.2, 0) is 16.4 Å². The molecular formula is C17H17F2NO3S. The first-order valence-electron chi connectivity index (χ1n) is 7.54. The second-order valence-corrected chi connectivity index (χ2v) is 7.39. The number of sulfonamides is 1. The van der Waals surface area contributed by atoms with E-state index in [-0.39, 0.29) is 16.6 Å². The van der Waals surface area contributed by atoms with Crippen molar-refractivity contribution in [2.24, 2.45) is 0 Å². The van der Waals surface area contributed by atoms with E-state index >= 15 is 0 Å². The number of nitrogens with one attached hydrogen (secondary N) is 1. The predicted molar refractivity (Wildman–Crippen MR) is 86.0 cm³/mol. The number of halogens is 2. The number of benzene rings is 2. The van der Waals surface area contributed by atoms with Crippen LogP contribution in [0.1, 0.15) is 17.0 Å². The largest absolute Gasteiger partial charge is 0.488 e. The van der Waals surface area contributed by atoms with Crippen molar-refractivity contribution in [3.8, 4) is 5.75 Å². The van der Waals surface area contributed by atoms with Crippen LogP contribution in [0.2, 0.25) is 0 Å². The van der Waals surface area contributed by atoms with Gasteiger partial charge in [-0.25, -0.2) is 21.9 Å². The van der Waals surface area contributed by atoms with E-state index in [1.54, 1.807) is 0 Å². The van der Waals surface area contributed by atoms with Gasteiger partial charge in [-0.05, 0) is 41.8 Å². The molecule has 0 radical (unpaired) electrons. The van der Waals surface area contributed by atoms with Crippen LogP contribution in [0.25, 0.3) is 0 Å². The molecule has 0 fully saturated rings. The fraction of sp³-hybridized carbons (Fsp3) is 0.294. The minimum absolute atomic E-state index is 0.0829. The number of ether oxygens (including phenoxy) is 1. The first kappa shape index (κ1) is 16.9. The van der Waals surface area contributed by atoms with Gasteiger partial charge in [0.25, 0.3) is 6.43 Å². The fourth-order valence-electron chi connectivity index (χ4n) is 2.71. The summed E-state index contributed by atoms with van der Waals surface area (Å²) < 4.78 is 56.2. The Labute approximate surface area is 139 Å². The Morgan fingerprint density at radius 1 is 1.12 bits per heavy atom. The van der Waals surface area contributed by atoms with Gasteiger partial charge in [0.15, 0.2) is 0 Å². The summed E-state index contributed by atoms with van der Waals surface area (Å²) in [5.41, 5.74) is 2.43. The molecule has 24 heavy (non-hydrogen) atoms. The van der Waals surface area contributed by atoms with Gasteiger partial charge < -0.3 is 4.74 Å². The number of alkyl halides is 2. The monoisotopic (exact) mass is 353 g/mol. The van der Waals surface area contributed by atoms with Crippen molar-refractivity contribution in [1.29, 1.82) is 0 Å². The minimum Gasteiger partial charge on any atom is -0.488 e. The molecule has 0 bridgehead atoms. The molecule has 0 heterocycles. The van der Waals surface area contributed by atoms with Gasteiger partial charge in [-0.3, -0.25) is 0 Å². The Bertz CT molecular complexity index is 807. The first-order valence-corrected chi connectivity index (χ1v) is 9.02. The van der Waals surface area contributed by atoms with Gasteiger partial charge in [0.1, 0.15) is 12.4 Å². The van der Waals surface area contributed by atoms with Gasteiger partial charge in [-0.2, -0.15) is 0 Å². The van der Waals surface area contributed by atoms with E-state index in [1.165, 1.54) is 35.4 Å². The summed E-state index contributed by atoms with van der Waals surface area (Å²) in [5.74, 6) is 0.395. The summed E-state index contributed by atoms with van der Waals surface area (Å²) in [4.78, 5) is 0.0829. The standard InChI is InChI=1S/C17H17F2NO3S/c18-17(19)11-23-14-5-7-15(8-6-14)24(21,22)20-10-13-9-12-3-1-2-4-16(12)13/h1-8,13,17,20H,9-11H2. The zero-order valence-electron chi connectivity index (χ0n) is 12.8. The Kier molecular flexibility index (Phi) is 4.82. The number of hydrogen-bond acceptors (Lipinski definition) is 3. The van der Waals surface area contributed by atoms with E-state index in [1.807, 2.05) is 24.3 Å². The molecule has 0 saturated heterocycles. The maximum absolute atomic E-state index is 12.3. The number of fused-ring (bicyclic) bond motifs is 1. The van der Waals surface area contributed by atoms with Gasteiger partial charge >= 0.3 is 0 Å². The average molecular weight is 353 g/mol. The van der Waals surface area contributed by atoms with Crippen LogP contribution in [0.15, 0.2) is 53.4 Å². The van der Waals surface area contributed by atoms with Crippen molar-refractivity contribution in [3.63, 3.8) is 0 Å². The maximum atomic E-state index is 12.3. The fourth-order valence-corrected chi connectivity index (χ4v) is 3.79. The maximum Gasteiger partial charge on any atom is 0.272 e. The topological polar surface area (TPSA) is 55.4 Å². The second kappa shape index (κ2) is 6.86. The molecule has 4 nitrogen and oxygen atoms in total. The summed E-state index contributed by atoms with van der Waals surface area (Å²) in [6.07, 6.45) is -1.71. The van der Waals surface area contributed by atoms with Crippen molar-refractivity contribution < 1.29 is 21.9 Å². The zero-order valence-corrected chi connectivity index (χ0v) is 13.6. The van der Waals surface area contributed by atoms with Gasteiger partial charge in [-0.15, -0.1) is 0 Å². The molecule has 1 aliphatic carbocycles. The summed E-state index contributed by atoms with van der Waals surface area (Å²) in [5, 5.41) is 0. The first-order chi connectivity index (χ1) is 11.5. The van der Waals surface area contributed by atoms with Gasteiger partial charge in [0, 0.05) is 12.5 Å². The van der Waals surface area contributed by atoms with Gasteiger partial charge in [-0.1, -0.05) is 24.3 Å². The molecule has 0 aromatic heterocycles. The van der Waals surface area contributed by atoms with Crippen LogP contribution in [0.4, 0.5) is 8.78 Å². The third-order valence-electron chi connectivity index (χ3n) is 3.99. The van der Waals surface area contributed by atoms with E-state index in [9.17, 15) is 17.2 Å². The normalized spacial score (nSPS) is 16.5. The highest BCUT2D eigenvalue weighted by Gasteiger charge is 2.27. The Balaban J connectivity index is 1.59. The third-order valence-corrected chi connectivity index (χ3v) is 5.43. The van der Waals surface area contributed by atoms with Crippen LogP contribution in [-0.4, -0.2) is 28.0 Å². The smallest absolute Gasteiger partial charge is 0.272 e. The van der Waals surface area contributed by atoms with E-state index in [0.29, 0.717) is 6.54 Å². The molecule has 2 aromatic carbocycles. The molecule has 2 aromatic rings. The van der Waals surface area contributed by atoms with Crippen LogP contribution in [0, 0.1) is 0 Å². The molecule has 1 atom stereocenters. The molecule has 1 aliphatic rings. The van der Waals surface area contributed by atoms with Crippen LogP contribution in [0.3, 0.4) is 0 Å². The lowest BCUT2D eigenvalue weighted by Crippen LogP contribution is -2.33. The van der Waals surface area contributed by atoms with Crippen molar-refractivity contribution in [2.75, 3.05) is 13.2 Å². The summed E-state index contributed by atoms with van der Waals surface area (Å²) in [6, 6.07) is 13.4. The van der Waals surface area contributed by atoms with E-state index in [0.717, 1.165) is 6.42 Å². The molecule has 0 aliphatic heterocycles. The van der Waals surface area contributed by atoms with Crippen molar-refractivity contribution in [2.45, 2.75) is 23.7 Å². The SMILES string of the molecule is O=S(=O)(NCC1Cc2ccccc21)c1ccc(OCC(F)F)cc1. The van der Waals surface area contributed by atoms with E-state index in [2.05, 4.69) is 4.72 Å². The molecule has 0 spiro atoms. The molecule has 1 N–H and O–H groups in total. The lowest BCUT2D eigenvalue weighted by molar-refractivity contribution is 0.0819. The Hall–Kier alpha value is -1.99. The predicted octanol–water partition coefficient (Wildman–Crippen LogP) is 2.95. The highest BCUT2D eigenvalue weighted by molar-refractivity contribution is 7.89. The minimum atomic E-state index is -3.64. The van der Waals surface area contributed by atoms with Crippen LogP contribution >= 0.6 is 0 Å². The van der Waals surface area contributed by atoms with Gasteiger partial charge in [0.2, 0.25) is 10.0 Å². The quantitative estimate of drug-likeness (QED) is 0.833. The number of rotatable bonds is 7. The van der Waals surface area contributed by atoms with Crippen LogP contribution < -0.4 is 9.46 Å². The highest BCUT2D eigenvalue weighted by Crippen LogP contribution is 2.34. The Morgan fingerprint density at radius 3 is 2.50 bits per heavy atom. The average Bonchev–Trinajstić information content (AvgIpc) is 2.54. The third kappa shape index (κ3) is 3.73. The molecular weight excluding hydrogens is 336 g/mol. The Morgan fingerprint density at radius 2 is 1.83 bits per heavy atom. The van der Waals surface area contributed by atoms with Crippen molar-refractivity contribution >= 4 is 10.0 Å². The van der Waals surface area contributed by atoms with Gasteiger partial charge in [0.05, 0.1) is 4.90 Å². The second-order valence-electron chi connectivity index (χ2n) is 5.63. The molecule has 1 unspecified atom stereocenters. The van der Waals surface area contributed by atoms with E-state index < -0.39 is 23.1 Å². The molecule has 0 saturated carbocycles. The lowest BCUT2D eigenvalue weighted by atomic mass is 9.78. The molecule has 7 heteroatoms. The summed E-state index contributed by atoms with van der Waals surface area (Å²) in [6.45, 7) is -0.381. The zero-order chi connectivity index (χ0) is 17.2. The highest BCUT2D eigenvalue weighted by atomic mass is 32.2.